The maximum absolute atomic E-state index is 5.94. The van der Waals surface area contributed by atoms with E-state index < -0.39 is 0 Å². The molecule has 0 bridgehead atoms. The molecule has 1 fully saturated rings. The molecule has 0 aromatic heterocycles. The predicted molar refractivity (Wildman–Crippen MR) is 71.5 cm³/mol. The first-order valence-corrected chi connectivity index (χ1v) is 6.88. The van der Waals surface area contributed by atoms with Crippen LogP contribution in [-0.4, -0.2) is 24.2 Å². The van der Waals surface area contributed by atoms with Crippen LogP contribution in [0.3, 0.4) is 0 Å². The normalized spacial score (nSPS) is 18.9. The van der Waals surface area contributed by atoms with Crippen molar-refractivity contribution < 1.29 is 4.74 Å². The zero-order valence-corrected chi connectivity index (χ0v) is 11.1. The van der Waals surface area contributed by atoms with E-state index in [0.29, 0.717) is 5.88 Å². The van der Waals surface area contributed by atoms with Crippen molar-refractivity contribution in [2.45, 2.75) is 38.3 Å². The molecule has 1 aromatic carbocycles. The Hall–Kier alpha value is -0.730. The van der Waals surface area contributed by atoms with Crippen molar-refractivity contribution in [2.75, 3.05) is 13.1 Å². The fraction of sp³-hybridized carbons (Fsp3) is 0.571. The Labute approximate surface area is 109 Å². The van der Waals surface area contributed by atoms with Gasteiger partial charge in [-0.05, 0) is 37.5 Å². The number of ether oxygens (including phenoxy) is 1. The van der Waals surface area contributed by atoms with E-state index in [2.05, 4.69) is 11.8 Å². The third-order valence-electron chi connectivity index (χ3n) is 3.29. The van der Waals surface area contributed by atoms with Crippen LogP contribution in [0.4, 0.5) is 0 Å². The number of likely N-dealkylation sites (tertiary alicyclic amines) is 1. The van der Waals surface area contributed by atoms with Crippen molar-refractivity contribution in [3.05, 3.63) is 29.8 Å². The quantitative estimate of drug-likeness (QED) is 0.760. The number of nitrogens with zero attached hydrogens (tertiary/aromatic N) is 1. The summed E-state index contributed by atoms with van der Waals surface area (Å²) in [5.41, 5.74) is 1.13. The summed E-state index contributed by atoms with van der Waals surface area (Å²) in [6.07, 6.45) is 4.10. The molecule has 1 heterocycles. The first-order chi connectivity index (χ1) is 8.29. The number of hydrogen-bond donors (Lipinski definition) is 0. The van der Waals surface area contributed by atoms with E-state index in [-0.39, 0.29) is 6.23 Å². The first kappa shape index (κ1) is 12.7. The van der Waals surface area contributed by atoms with Gasteiger partial charge in [0.2, 0.25) is 0 Å². The maximum atomic E-state index is 5.94. The average Bonchev–Trinajstić information content (AvgIpc) is 2.40. The Morgan fingerprint density at radius 1 is 1.18 bits per heavy atom. The monoisotopic (exact) mass is 253 g/mol. The first-order valence-electron chi connectivity index (χ1n) is 6.35. The van der Waals surface area contributed by atoms with Gasteiger partial charge in [-0.15, -0.1) is 11.6 Å². The standard InChI is InChI=1S/C14H20ClNO/c1-12(16-9-3-2-4-10-16)17-14-7-5-13(11-15)6-8-14/h5-8,12H,2-4,9-11H2,1H3. The van der Waals surface area contributed by atoms with E-state index in [1.807, 2.05) is 24.3 Å². The molecule has 0 amide bonds. The lowest BCUT2D eigenvalue weighted by atomic mass is 10.1. The summed E-state index contributed by atoms with van der Waals surface area (Å²) in [6.45, 7) is 4.43. The van der Waals surface area contributed by atoms with Gasteiger partial charge < -0.3 is 4.74 Å². The second-order valence-corrected chi connectivity index (χ2v) is 4.86. The molecule has 1 atom stereocenters. The second-order valence-electron chi connectivity index (χ2n) is 4.59. The molecule has 94 valence electrons. The fourth-order valence-corrected chi connectivity index (χ4v) is 2.39. The van der Waals surface area contributed by atoms with E-state index in [1.165, 1.54) is 19.3 Å². The molecular weight excluding hydrogens is 234 g/mol. The molecule has 3 heteroatoms. The van der Waals surface area contributed by atoms with Crippen molar-refractivity contribution in [1.29, 1.82) is 0 Å². The SMILES string of the molecule is CC(Oc1ccc(CCl)cc1)N1CCCCC1. The predicted octanol–water partition coefficient (Wildman–Crippen LogP) is 3.64. The highest BCUT2D eigenvalue weighted by molar-refractivity contribution is 6.17. The van der Waals surface area contributed by atoms with Crippen LogP contribution in [0.15, 0.2) is 24.3 Å². The van der Waals surface area contributed by atoms with E-state index in [9.17, 15) is 0 Å². The number of hydrogen-bond acceptors (Lipinski definition) is 2. The van der Waals surface area contributed by atoms with E-state index in [0.717, 1.165) is 24.4 Å². The molecule has 0 saturated carbocycles. The van der Waals surface area contributed by atoms with Gasteiger partial charge in [0.25, 0.3) is 0 Å². The lowest BCUT2D eigenvalue weighted by Gasteiger charge is -2.32. The van der Waals surface area contributed by atoms with Gasteiger partial charge in [-0.1, -0.05) is 18.6 Å². The summed E-state index contributed by atoms with van der Waals surface area (Å²) in [5.74, 6) is 1.49. The molecule has 1 unspecified atom stereocenters. The molecule has 2 nitrogen and oxygen atoms in total. The Morgan fingerprint density at radius 3 is 2.41 bits per heavy atom. The second kappa shape index (κ2) is 6.27. The Balaban J connectivity index is 1.89. The van der Waals surface area contributed by atoms with Crippen molar-refractivity contribution in [3.8, 4) is 5.75 Å². The summed E-state index contributed by atoms with van der Waals surface area (Å²) < 4.78 is 5.94. The average molecular weight is 254 g/mol. The molecule has 0 N–H and O–H groups in total. The van der Waals surface area contributed by atoms with Crippen LogP contribution in [0.2, 0.25) is 0 Å². The molecule has 1 aliphatic heterocycles. The molecular formula is C14H20ClNO. The topological polar surface area (TPSA) is 12.5 Å². The number of piperidine rings is 1. The molecule has 2 rings (SSSR count). The maximum Gasteiger partial charge on any atom is 0.149 e. The highest BCUT2D eigenvalue weighted by Gasteiger charge is 2.17. The van der Waals surface area contributed by atoms with Crippen LogP contribution >= 0.6 is 11.6 Å². The van der Waals surface area contributed by atoms with E-state index >= 15 is 0 Å². The number of alkyl halides is 1. The zero-order valence-electron chi connectivity index (χ0n) is 10.4. The van der Waals surface area contributed by atoms with Crippen LogP contribution < -0.4 is 4.74 Å². The van der Waals surface area contributed by atoms with Crippen molar-refractivity contribution in [2.24, 2.45) is 0 Å². The Morgan fingerprint density at radius 2 is 1.82 bits per heavy atom. The highest BCUT2D eigenvalue weighted by Crippen LogP contribution is 2.18. The van der Waals surface area contributed by atoms with Gasteiger partial charge in [-0.3, -0.25) is 4.90 Å². The molecule has 0 spiro atoms. The minimum Gasteiger partial charge on any atom is -0.475 e. The summed E-state index contributed by atoms with van der Waals surface area (Å²) in [7, 11) is 0. The van der Waals surface area contributed by atoms with Gasteiger partial charge in [0.15, 0.2) is 0 Å². The molecule has 17 heavy (non-hydrogen) atoms. The summed E-state index contributed by atoms with van der Waals surface area (Å²) >= 11 is 5.76. The van der Waals surface area contributed by atoms with Gasteiger partial charge in [0, 0.05) is 19.0 Å². The number of halogens is 1. The summed E-state index contributed by atoms with van der Waals surface area (Å²) in [4.78, 5) is 2.40. The molecule has 1 aliphatic rings. The highest BCUT2D eigenvalue weighted by atomic mass is 35.5. The van der Waals surface area contributed by atoms with E-state index in [4.69, 9.17) is 16.3 Å². The van der Waals surface area contributed by atoms with Gasteiger partial charge in [-0.25, -0.2) is 0 Å². The zero-order chi connectivity index (χ0) is 12.1. The van der Waals surface area contributed by atoms with Crippen LogP contribution in [0.25, 0.3) is 0 Å². The van der Waals surface area contributed by atoms with Gasteiger partial charge in [-0.2, -0.15) is 0 Å². The number of benzene rings is 1. The largest absolute Gasteiger partial charge is 0.475 e. The van der Waals surface area contributed by atoms with Gasteiger partial charge >= 0.3 is 0 Å². The van der Waals surface area contributed by atoms with Crippen molar-refractivity contribution in [3.63, 3.8) is 0 Å². The van der Waals surface area contributed by atoms with Crippen LogP contribution in [0, 0.1) is 0 Å². The molecule has 1 saturated heterocycles. The minimum atomic E-state index is 0.164. The van der Waals surface area contributed by atoms with Crippen LogP contribution in [0.5, 0.6) is 5.75 Å². The Kier molecular flexibility index (Phi) is 4.69. The van der Waals surface area contributed by atoms with Crippen LogP contribution in [0.1, 0.15) is 31.7 Å². The summed E-state index contributed by atoms with van der Waals surface area (Å²) in [6, 6.07) is 8.03. The third kappa shape index (κ3) is 3.62. The van der Waals surface area contributed by atoms with Gasteiger partial charge in [0.1, 0.15) is 12.0 Å². The molecule has 1 aromatic rings. The lowest BCUT2D eigenvalue weighted by molar-refractivity contribution is 0.0262. The third-order valence-corrected chi connectivity index (χ3v) is 3.60. The molecule has 0 radical (unpaired) electrons. The molecule has 0 aliphatic carbocycles. The van der Waals surface area contributed by atoms with E-state index in [1.54, 1.807) is 0 Å². The smallest absolute Gasteiger partial charge is 0.149 e. The van der Waals surface area contributed by atoms with Crippen LogP contribution in [-0.2, 0) is 5.88 Å². The number of rotatable bonds is 4. The van der Waals surface area contributed by atoms with Crippen molar-refractivity contribution >= 4 is 11.6 Å². The minimum absolute atomic E-state index is 0.164. The Bertz CT molecular complexity index is 333. The fourth-order valence-electron chi connectivity index (χ4n) is 2.21. The lowest BCUT2D eigenvalue weighted by Crippen LogP contribution is -2.40. The van der Waals surface area contributed by atoms with Gasteiger partial charge in [0.05, 0.1) is 0 Å². The van der Waals surface area contributed by atoms with Crippen molar-refractivity contribution in [1.82, 2.24) is 4.90 Å². The summed E-state index contributed by atoms with van der Waals surface area (Å²) in [5, 5.41) is 0.